The highest BCUT2D eigenvalue weighted by molar-refractivity contribution is 5.90. The van der Waals surface area contributed by atoms with E-state index in [1.807, 2.05) is 35.2 Å². The molecule has 0 bridgehead atoms. The van der Waals surface area contributed by atoms with E-state index in [0.29, 0.717) is 37.6 Å². The van der Waals surface area contributed by atoms with E-state index in [1.54, 1.807) is 12.1 Å². The summed E-state index contributed by atoms with van der Waals surface area (Å²) in [5.74, 6) is -0.389. The molecule has 0 aliphatic carbocycles. The zero-order valence-electron chi connectivity index (χ0n) is 21.1. The number of halogens is 1. The Morgan fingerprint density at radius 1 is 1.08 bits per heavy atom. The second-order valence-electron chi connectivity index (χ2n) is 9.61. The number of nitrogens with one attached hydrogen (secondary N) is 2. The second-order valence-corrected chi connectivity index (χ2v) is 9.61. The normalized spacial score (nSPS) is 21.2. The van der Waals surface area contributed by atoms with Crippen LogP contribution < -0.4 is 20.4 Å². The number of ether oxygens (including phenoxy) is 2. The number of cyclic esters (lactones) is 1. The number of rotatable bonds is 10. The van der Waals surface area contributed by atoms with E-state index in [4.69, 9.17) is 9.47 Å². The summed E-state index contributed by atoms with van der Waals surface area (Å²) in [5.41, 5.74) is 1.87. The van der Waals surface area contributed by atoms with Gasteiger partial charge < -0.3 is 25.0 Å². The van der Waals surface area contributed by atoms with Crippen molar-refractivity contribution in [3.05, 3.63) is 59.9 Å². The fourth-order valence-electron chi connectivity index (χ4n) is 4.64. The van der Waals surface area contributed by atoms with Crippen molar-refractivity contribution in [1.29, 1.82) is 0 Å². The molecule has 2 saturated heterocycles. The van der Waals surface area contributed by atoms with Crippen molar-refractivity contribution in [3.63, 3.8) is 0 Å². The molecule has 2 aliphatic heterocycles. The molecule has 2 fully saturated rings. The van der Waals surface area contributed by atoms with Crippen molar-refractivity contribution in [2.24, 2.45) is 11.8 Å². The number of benzene rings is 2. The van der Waals surface area contributed by atoms with Gasteiger partial charge in [0.2, 0.25) is 11.8 Å². The fourth-order valence-corrected chi connectivity index (χ4v) is 4.64. The summed E-state index contributed by atoms with van der Waals surface area (Å²) in [6.45, 7) is 6.03. The predicted octanol–water partition coefficient (Wildman–Crippen LogP) is 2.69. The molecule has 2 aliphatic rings. The van der Waals surface area contributed by atoms with E-state index >= 15 is 4.39 Å². The molecule has 0 spiro atoms. The lowest BCUT2D eigenvalue weighted by Crippen LogP contribution is -2.34. The van der Waals surface area contributed by atoms with Crippen LogP contribution >= 0.6 is 0 Å². The molecule has 198 valence electrons. The summed E-state index contributed by atoms with van der Waals surface area (Å²) in [6.07, 6.45) is -1.06. The number of hydrogen-bond donors (Lipinski definition) is 2. The van der Waals surface area contributed by atoms with E-state index in [9.17, 15) is 14.4 Å². The smallest absolute Gasteiger partial charge is 0.414 e. The highest BCUT2D eigenvalue weighted by Gasteiger charge is 2.34. The van der Waals surface area contributed by atoms with Crippen molar-refractivity contribution >= 4 is 29.3 Å². The predicted molar refractivity (Wildman–Crippen MR) is 137 cm³/mol. The highest BCUT2D eigenvalue weighted by Crippen LogP contribution is 2.32. The number of nitrogens with zero attached hydrogens (tertiary/aromatic N) is 2. The van der Waals surface area contributed by atoms with E-state index < -0.39 is 18.0 Å². The molecule has 0 saturated carbocycles. The molecule has 9 nitrogen and oxygen atoms in total. The van der Waals surface area contributed by atoms with Gasteiger partial charge in [-0.15, -0.1) is 0 Å². The van der Waals surface area contributed by atoms with Crippen molar-refractivity contribution in [1.82, 2.24) is 10.6 Å². The Balaban J connectivity index is 1.26. The van der Waals surface area contributed by atoms with Crippen LogP contribution in [0.1, 0.15) is 19.4 Å². The summed E-state index contributed by atoms with van der Waals surface area (Å²) in [4.78, 5) is 38.9. The minimum Gasteiger partial charge on any atom is -0.442 e. The van der Waals surface area contributed by atoms with Crippen molar-refractivity contribution < 1.29 is 28.2 Å². The SMILES string of the molecule is CC(=O)NC[C@H]1CN(c2ccc(N3C[C@@H](CNC(=O)COCc4ccccc4)[C@@H](C)C3)c(F)c2)C(=O)O1. The summed E-state index contributed by atoms with van der Waals surface area (Å²) >= 11 is 0. The van der Waals surface area contributed by atoms with Crippen molar-refractivity contribution in [2.45, 2.75) is 26.6 Å². The number of anilines is 2. The van der Waals surface area contributed by atoms with Gasteiger partial charge in [-0.1, -0.05) is 37.3 Å². The monoisotopic (exact) mass is 512 g/mol. The topological polar surface area (TPSA) is 100 Å². The molecule has 0 aromatic heterocycles. The quantitative estimate of drug-likeness (QED) is 0.508. The molecule has 0 radical (unpaired) electrons. The Kier molecular flexibility index (Phi) is 8.60. The lowest BCUT2D eigenvalue weighted by molar-refractivity contribution is -0.126. The van der Waals surface area contributed by atoms with Gasteiger partial charge in [0.15, 0.2) is 0 Å². The number of carbonyl (C=O) groups is 3. The Morgan fingerprint density at radius 2 is 1.86 bits per heavy atom. The Bertz CT molecular complexity index is 1120. The first kappa shape index (κ1) is 26.4. The van der Waals surface area contributed by atoms with Crippen LogP contribution in [0.5, 0.6) is 0 Å². The van der Waals surface area contributed by atoms with E-state index in [0.717, 1.165) is 5.56 Å². The number of carbonyl (C=O) groups excluding carboxylic acids is 3. The van der Waals surface area contributed by atoms with Crippen LogP contribution in [0.4, 0.5) is 20.6 Å². The zero-order valence-corrected chi connectivity index (χ0v) is 21.1. The van der Waals surface area contributed by atoms with Gasteiger partial charge in [-0.2, -0.15) is 0 Å². The third-order valence-corrected chi connectivity index (χ3v) is 6.71. The molecule has 4 rings (SSSR count). The fraction of sp³-hybridized carbons (Fsp3) is 0.444. The van der Waals surface area contributed by atoms with Gasteiger partial charge >= 0.3 is 6.09 Å². The molecule has 3 amide bonds. The van der Waals surface area contributed by atoms with Gasteiger partial charge in [0, 0.05) is 26.6 Å². The van der Waals surface area contributed by atoms with Crippen LogP contribution in [0.3, 0.4) is 0 Å². The first-order valence-electron chi connectivity index (χ1n) is 12.5. The molecular weight excluding hydrogens is 479 g/mol. The maximum absolute atomic E-state index is 15.1. The van der Waals surface area contributed by atoms with Crippen LogP contribution in [0.15, 0.2) is 48.5 Å². The standard InChI is InChI=1S/C27H33FN4O5/c1-18-13-31(14-21(18)11-30-26(34)17-36-16-20-6-4-3-5-7-20)25-9-8-22(10-24(25)28)32-15-23(37-27(32)35)12-29-19(2)33/h3-10,18,21,23H,11-17H2,1-2H3,(H,29,33)(H,30,34)/t18-,21+,23-/m0/s1. The molecule has 2 aromatic rings. The number of hydrogen-bond acceptors (Lipinski definition) is 6. The Morgan fingerprint density at radius 3 is 2.59 bits per heavy atom. The minimum atomic E-state index is -0.569. The van der Waals surface area contributed by atoms with Crippen LogP contribution in [0.2, 0.25) is 0 Å². The average molecular weight is 513 g/mol. The molecule has 37 heavy (non-hydrogen) atoms. The van der Waals surface area contributed by atoms with Gasteiger partial charge in [-0.05, 0) is 35.6 Å². The van der Waals surface area contributed by atoms with Gasteiger partial charge in [0.05, 0.1) is 31.1 Å². The first-order chi connectivity index (χ1) is 17.8. The average Bonchev–Trinajstić information content (AvgIpc) is 3.43. The molecule has 2 N–H and O–H groups in total. The van der Waals surface area contributed by atoms with Crippen molar-refractivity contribution in [3.8, 4) is 0 Å². The van der Waals surface area contributed by atoms with E-state index in [1.165, 1.54) is 17.9 Å². The van der Waals surface area contributed by atoms with Crippen molar-refractivity contribution in [2.75, 3.05) is 49.1 Å². The van der Waals surface area contributed by atoms with Crippen LogP contribution in [-0.4, -0.2) is 63.3 Å². The summed E-state index contributed by atoms with van der Waals surface area (Å²) in [5, 5.41) is 5.55. The minimum absolute atomic E-state index is 0.0135. The lowest BCUT2D eigenvalue weighted by atomic mass is 9.98. The van der Waals surface area contributed by atoms with Crippen LogP contribution in [-0.2, 0) is 25.7 Å². The van der Waals surface area contributed by atoms with Gasteiger partial charge in [-0.3, -0.25) is 14.5 Å². The van der Waals surface area contributed by atoms with Gasteiger partial charge in [-0.25, -0.2) is 9.18 Å². The molecule has 10 heteroatoms. The molecule has 2 aromatic carbocycles. The maximum Gasteiger partial charge on any atom is 0.414 e. The van der Waals surface area contributed by atoms with E-state index in [2.05, 4.69) is 17.6 Å². The third kappa shape index (κ3) is 6.97. The summed E-state index contributed by atoms with van der Waals surface area (Å²) in [6, 6.07) is 14.4. The third-order valence-electron chi connectivity index (χ3n) is 6.71. The second kappa shape index (κ2) is 12.1. The first-order valence-corrected chi connectivity index (χ1v) is 12.5. The summed E-state index contributed by atoms with van der Waals surface area (Å²) in [7, 11) is 0. The Labute approximate surface area is 215 Å². The molecular formula is C27H33FN4O5. The highest BCUT2D eigenvalue weighted by atomic mass is 19.1. The van der Waals surface area contributed by atoms with E-state index in [-0.39, 0.29) is 43.3 Å². The van der Waals surface area contributed by atoms with Gasteiger partial charge in [0.25, 0.3) is 0 Å². The van der Waals surface area contributed by atoms with Crippen LogP contribution in [0, 0.1) is 17.7 Å². The molecule has 0 unspecified atom stereocenters. The lowest BCUT2D eigenvalue weighted by Gasteiger charge is -2.21. The van der Waals surface area contributed by atoms with Gasteiger partial charge in [0.1, 0.15) is 18.5 Å². The maximum atomic E-state index is 15.1. The van der Waals surface area contributed by atoms with Crippen LogP contribution in [0.25, 0.3) is 0 Å². The summed E-state index contributed by atoms with van der Waals surface area (Å²) < 4.78 is 25.9. The molecule has 2 heterocycles. The Hall–Kier alpha value is -3.66. The number of amides is 3. The zero-order chi connectivity index (χ0) is 26.4. The molecule has 3 atom stereocenters. The largest absolute Gasteiger partial charge is 0.442 e.